The molecule has 0 aliphatic rings. The molecular formula is C18H18F3N3O2S. The van der Waals surface area contributed by atoms with Crippen molar-refractivity contribution >= 4 is 15.7 Å². The van der Waals surface area contributed by atoms with Crippen molar-refractivity contribution in [1.82, 2.24) is 13.7 Å². The Balaban J connectivity index is 1.98. The molecule has 5 nitrogen and oxygen atoms in total. The first kappa shape index (κ1) is 19.4. The molecular weight excluding hydrogens is 379 g/mol. The Kier molecular flexibility index (Phi) is 5.00. The molecule has 1 aromatic carbocycles. The number of sulfonamides is 1. The van der Waals surface area contributed by atoms with E-state index in [0.29, 0.717) is 11.2 Å². The van der Waals surface area contributed by atoms with Crippen LogP contribution >= 0.6 is 0 Å². The van der Waals surface area contributed by atoms with Gasteiger partial charge in [0.05, 0.1) is 11.8 Å². The number of benzene rings is 1. The summed E-state index contributed by atoms with van der Waals surface area (Å²) < 4.78 is 67.3. The molecule has 27 heavy (non-hydrogen) atoms. The lowest BCUT2D eigenvalue weighted by molar-refractivity contribution is -0.137. The largest absolute Gasteiger partial charge is 0.416 e. The second-order valence-electron chi connectivity index (χ2n) is 6.03. The molecule has 0 bridgehead atoms. The maximum Gasteiger partial charge on any atom is 0.416 e. The predicted octanol–water partition coefficient (Wildman–Crippen LogP) is 4.12. The van der Waals surface area contributed by atoms with Gasteiger partial charge >= 0.3 is 6.18 Å². The summed E-state index contributed by atoms with van der Waals surface area (Å²) in [4.78, 5) is 4.10. The molecule has 0 unspecified atom stereocenters. The number of imidazole rings is 1. The fourth-order valence-electron chi connectivity index (χ4n) is 2.99. The Morgan fingerprint density at radius 3 is 2.41 bits per heavy atom. The third kappa shape index (κ3) is 3.57. The number of halogens is 3. The highest BCUT2D eigenvalue weighted by Gasteiger charge is 2.33. The van der Waals surface area contributed by atoms with Crippen molar-refractivity contribution in [2.24, 2.45) is 0 Å². The van der Waals surface area contributed by atoms with Crippen molar-refractivity contribution in [3.63, 3.8) is 0 Å². The Labute approximate surface area is 155 Å². The van der Waals surface area contributed by atoms with E-state index in [0.717, 1.165) is 12.1 Å². The summed E-state index contributed by atoms with van der Waals surface area (Å²) in [6.07, 6.45) is -1.55. The van der Waals surface area contributed by atoms with E-state index in [2.05, 4.69) is 4.98 Å². The minimum atomic E-state index is -4.44. The van der Waals surface area contributed by atoms with Gasteiger partial charge in [-0.15, -0.1) is 0 Å². The van der Waals surface area contributed by atoms with Crippen LogP contribution in [-0.2, 0) is 16.2 Å². The van der Waals surface area contributed by atoms with E-state index < -0.39 is 27.8 Å². The fraction of sp³-hybridized carbons (Fsp3) is 0.278. The van der Waals surface area contributed by atoms with Gasteiger partial charge in [0.25, 0.3) is 10.0 Å². The van der Waals surface area contributed by atoms with Crippen molar-refractivity contribution in [2.45, 2.75) is 31.1 Å². The van der Waals surface area contributed by atoms with Gasteiger partial charge in [-0.1, -0.05) is 25.1 Å². The molecule has 0 N–H and O–H groups in total. The molecule has 0 aliphatic carbocycles. The Bertz CT molecular complexity index is 1040. The first-order chi connectivity index (χ1) is 12.7. The molecule has 3 rings (SSSR count). The van der Waals surface area contributed by atoms with Crippen molar-refractivity contribution in [3.05, 3.63) is 66.0 Å². The van der Waals surface area contributed by atoms with Gasteiger partial charge < -0.3 is 0 Å². The van der Waals surface area contributed by atoms with E-state index in [4.69, 9.17) is 0 Å². The highest BCUT2D eigenvalue weighted by atomic mass is 32.2. The lowest BCUT2D eigenvalue weighted by Gasteiger charge is -2.27. The van der Waals surface area contributed by atoms with E-state index in [1.165, 1.54) is 27.0 Å². The quantitative estimate of drug-likeness (QED) is 0.651. The molecule has 144 valence electrons. The van der Waals surface area contributed by atoms with Crippen LogP contribution in [0.3, 0.4) is 0 Å². The van der Waals surface area contributed by atoms with Gasteiger partial charge in [0.2, 0.25) is 0 Å². The van der Waals surface area contributed by atoms with Crippen molar-refractivity contribution in [3.8, 4) is 0 Å². The Hall–Kier alpha value is -2.39. The first-order valence-corrected chi connectivity index (χ1v) is 9.71. The third-order valence-electron chi connectivity index (χ3n) is 4.42. The zero-order valence-electron chi connectivity index (χ0n) is 14.7. The van der Waals surface area contributed by atoms with Crippen LogP contribution in [0.5, 0.6) is 0 Å². The van der Waals surface area contributed by atoms with E-state index in [1.807, 2.05) is 0 Å². The number of nitrogens with zero attached hydrogens (tertiary/aromatic N) is 3. The zero-order valence-corrected chi connectivity index (χ0v) is 15.5. The Morgan fingerprint density at radius 1 is 1.15 bits per heavy atom. The smallest absolute Gasteiger partial charge is 0.289 e. The number of hydrogen-bond donors (Lipinski definition) is 0. The summed E-state index contributed by atoms with van der Waals surface area (Å²) in [7, 11) is -3.91. The second kappa shape index (κ2) is 6.97. The molecule has 0 saturated carbocycles. The number of alkyl halides is 3. The maximum atomic E-state index is 13.2. The van der Waals surface area contributed by atoms with Gasteiger partial charge in [-0.3, -0.25) is 4.40 Å². The van der Waals surface area contributed by atoms with Gasteiger partial charge in [-0.05, 0) is 36.8 Å². The van der Waals surface area contributed by atoms with E-state index in [-0.39, 0.29) is 11.6 Å². The average Bonchev–Trinajstić information content (AvgIpc) is 3.06. The third-order valence-corrected chi connectivity index (χ3v) is 6.44. The number of pyridine rings is 1. The van der Waals surface area contributed by atoms with Crippen molar-refractivity contribution in [1.29, 1.82) is 0 Å². The van der Waals surface area contributed by atoms with Gasteiger partial charge in [0.15, 0.2) is 5.03 Å². The van der Waals surface area contributed by atoms with Gasteiger partial charge in [-0.2, -0.15) is 17.5 Å². The Morgan fingerprint density at radius 2 is 1.81 bits per heavy atom. The summed E-state index contributed by atoms with van der Waals surface area (Å²) in [6.45, 7) is 3.48. The molecule has 0 saturated heterocycles. The zero-order chi connectivity index (χ0) is 19.8. The minimum absolute atomic E-state index is 0.0127. The summed E-state index contributed by atoms with van der Waals surface area (Å²) in [5.74, 6) is 0. The molecule has 0 aliphatic heterocycles. The average molecular weight is 397 g/mol. The van der Waals surface area contributed by atoms with Gasteiger partial charge in [0, 0.05) is 18.8 Å². The first-order valence-electron chi connectivity index (χ1n) is 8.27. The molecule has 1 atom stereocenters. The number of hydrogen-bond acceptors (Lipinski definition) is 3. The van der Waals surface area contributed by atoms with Gasteiger partial charge in [-0.25, -0.2) is 13.4 Å². The van der Waals surface area contributed by atoms with Gasteiger partial charge in [0.1, 0.15) is 5.65 Å². The predicted molar refractivity (Wildman–Crippen MR) is 94.6 cm³/mol. The number of rotatable bonds is 5. The summed E-state index contributed by atoms with van der Waals surface area (Å²) in [6, 6.07) is 9.02. The van der Waals surface area contributed by atoms with E-state index in [9.17, 15) is 21.6 Å². The SMILES string of the molecule is CCN([C@@H](C)c1ccc(C(F)(F)F)cc1)S(=O)(=O)c1cnc2ccccn12. The van der Waals surface area contributed by atoms with E-state index in [1.54, 1.807) is 38.2 Å². The molecule has 0 fully saturated rings. The topological polar surface area (TPSA) is 54.7 Å². The van der Waals surface area contributed by atoms with Crippen LogP contribution in [0.4, 0.5) is 13.2 Å². The van der Waals surface area contributed by atoms with Crippen LogP contribution in [0.1, 0.15) is 31.0 Å². The summed E-state index contributed by atoms with van der Waals surface area (Å²) in [5, 5.41) is 0.0127. The van der Waals surface area contributed by atoms with Crippen LogP contribution in [0, 0.1) is 0 Å². The highest BCUT2D eigenvalue weighted by Crippen LogP contribution is 2.32. The molecule has 3 aromatic rings. The van der Waals surface area contributed by atoms with Crippen LogP contribution in [0.15, 0.2) is 59.9 Å². The fourth-order valence-corrected chi connectivity index (χ4v) is 4.70. The van der Waals surface area contributed by atoms with Crippen LogP contribution in [0.2, 0.25) is 0 Å². The van der Waals surface area contributed by atoms with Crippen LogP contribution in [0.25, 0.3) is 5.65 Å². The standard InChI is InChI=1S/C18H18F3N3O2S/c1-3-24(13(2)14-7-9-15(10-8-14)18(19,20)21)27(25,26)17-12-22-16-6-4-5-11-23(16)17/h4-13H,3H2,1-2H3/t13-/m0/s1. The second-order valence-corrected chi connectivity index (χ2v) is 7.87. The minimum Gasteiger partial charge on any atom is -0.289 e. The molecule has 0 radical (unpaired) electrons. The normalized spacial score (nSPS) is 14.0. The highest BCUT2D eigenvalue weighted by molar-refractivity contribution is 7.89. The summed E-state index contributed by atoms with van der Waals surface area (Å²) >= 11 is 0. The molecule has 0 amide bonds. The maximum absolute atomic E-state index is 13.2. The molecule has 2 aromatic heterocycles. The van der Waals surface area contributed by atoms with E-state index >= 15 is 0 Å². The molecule has 9 heteroatoms. The number of fused-ring (bicyclic) bond motifs is 1. The monoisotopic (exact) mass is 397 g/mol. The van der Waals surface area contributed by atoms with Crippen molar-refractivity contribution in [2.75, 3.05) is 6.54 Å². The van der Waals surface area contributed by atoms with Crippen molar-refractivity contribution < 1.29 is 21.6 Å². The summed E-state index contributed by atoms with van der Waals surface area (Å²) in [5.41, 5.74) is 0.197. The molecule has 0 spiro atoms. The lowest BCUT2D eigenvalue weighted by atomic mass is 10.1. The van der Waals surface area contributed by atoms with Crippen LogP contribution in [-0.4, -0.2) is 28.7 Å². The number of aromatic nitrogens is 2. The van der Waals surface area contributed by atoms with Crippen LogP contribution < -0.4 is 0 Å². The lowest BCUT2D eigenvalue weighted by Crippen LogP contribution is -2.34. The molecule has 2 heterocycles.